The molecule has 0 spiro atoms. The SMILES string of the molecule is Cc1ccc(S(=O)(=O)N2C=C(/C=C/[C@H]3CCCCN3)CCC2)cc1. The molecule has 3 rings (SSSR count). The summed E-state index contributed by atoms with van der Waals surface area (Å²) in [5, 5.41) is 3.49. The first kappa shape index (κ1) is 17.2. The molecular weight excluding hydrogens is 320 g/mol. The van der Waals surface area contributed by atoms with Crippen molar-refractivity contribution < 1.29 is 8.42 Å². The average Bonchev–Trinajstić information content (AvgIpc) is 2.61. The topological polar surface area (TPSA) is 49.4 Å². The first-order valence-corrected chi connectivity index (χ1v) is 10.2. The van der Waals surface area contributed by atoms with E-state index in [9.17, 15) is 8.42 Å². The molecule has 2 aliphatic heterocycles. The van der Waals surface area contributed by atoms with Crippen LogP contribution in [0, 0.1) is 6.92 Å². The zero-order valence-electron chi connectivity index (χ0n) is 14.2. The molecule has 1 atom stereocenters. The fourth-order valence-corrected chi connectivity index (χ4v) is 4.59. The summed E-state index contributed by atoms with van der Waals surface area (Å²) >= 11 is 0. The Morgan fingerprint density at radius 1 is 1.17 bits per heavy atom. The van der Waals surface area contributed by atoms with Crippen LogP contribution in [0.4, 0.5) is 0 Å². The van der Waals surface area contributed by atoms with Gasteiger partial charge in [-0.2, -0.15) is 0 Å². The fraction of sp³-hybridized carbons (Fsp3) is 0.474. The maximum atomic E-state index is 12.8. The smallest absolute Gasteiger partial charge is 0.263 e. The van der Waals surface area contributed by atoms with Crippen LogP contribution in [0.25, 0.3) is 0 Å². The van der Waals surface area contributed by atoms with Gasteiger partial charge in [0.05, 0.1) is 4.90 Å². The van der Waals surface area contributed by atoms with Crippen LogP contribution in [0.1, 0.15) is 37.7 Å². The molecule has 0 amide bonds. The molecule has 0 unspecified atom stereocenters. The zero-order chi connectivity index (χ0) is 17.0. The van der Waals surface area contributed by atoms with Crippen LogP contribution in [-0.2, 0) is 10.0 Å². The number of rotatable bonds is 4. The lowest BCUT2D eigenvalue weighted by Gasteiger charge is -2.26. The maximum absolute atomic E-state index is 12.8. The van der Waals surface area contributed by atoms with Crippen LogP contribution in [-0.4, -0.2) is 31.9 Å². The molecule has 0 radical (unpaired) electrons. The lowest BCUT2D eigenvalue weighted by atomic mass is 10.0. The first-order chi connectivity index (χ1) is 11.6. The van der Waals surface area contributed by atoms with Crippen molar-refractivity contribution in [3.63, 3.8) is 0 Å². The molecule has 1 aromatic carbocycles. The Kier molecular flexibility index (Phi) is 5.41. The second kappa shape index (κ2) is 7.53. The summed E-state index contributed by atoms with van der Waals surface area (Å²) in [5.74, 6) is 0. The maximum Gasteiger partial charge on any atom is 0.263 e. The highest BCUT2D eigenvalue weighted by molar-refractivity contribution is 7.89. The number of piperidine rings is 1. The summed E-state index contributed by atoms with van der Waals surface area (Å²) in [7, 11) is -3.45. The normalized spacial score (nSPS) is 22.6. The molecule has 5 heteroatoms. The van der Waals surface area contributed by atoms with Gasteiger partial charge in [-0.05, 0) is 56.9 Å². The van der Waals surface area contributed by atoms with E-state index in [0.29, 0.717) is 17.5 Å². The summed E-state index contributed by atoms with van der Waals surface area (Å²) < 4.78 is 27.1. The van der Waals surface area contributed by atoms with Crippen LogP contribution in [0.15, 0.2) is 53.1 Å². The summed E-state index contributed by atoms with van der Waals surface area (Å²) in [6.45, 7) is 3.58. The Labute approximate surface area is 145 Å². The molecular formula is C19H26N2O2S. The van der Waals surface area contributed by atoms with E-state index in [1.807, 2.05) is 19.1 Å². The van der Waals surface area contributed by atoms with Gasteiger partial charge in [-0.25, -0.2) is 8.42 Å². The minimum absolute atomic E-state index is 0.364. The van der Waals surface area contributed by atoms with Gasteiger partial charge in [0.1, 0.15) is 0 Å². The fourth-order valence-electron chi connectivity index (χ4n) is 3.20. The van der Waals surface area contributed by atoms with Crippen molar-refractivity contribution in [2.45, 2.75) is 50.0 Å². The Morgan fingerprint density at radius 2 is 1.96 bits per heavy atom. The summed E-state index contributed by atoms with van der Waals surface area (Å²) in [6, 6.07) is 7.48. The molecule has 0 bridgehead atoms. The second-order valence-electron chi connectivity index (χ2n) is 6.65. The van der Waals surface area contributed by atoms with Gasteiger partial charge in [-0.15, -0.1) is 0 Å². The van der Waals surface area contributed by atoms with E-state index in [1.165, 1.54) is 17.1 Å². The number of benzene rings is 1. The van der Waals surface area contributed by atoms with Crippen molar-refractivity contribution in [2.24, 2.45) is 0 Å². The molecule has 130 valence electrons. The average molecular weight is 346 g/mol. The van der Waals surface area contributed by atoms with Crippen molar-refractivity contribution in [2.75, 3.05) is 13.1 Å². The molecule has 0 aliphatic carbocycles. The molecule has 2 heterocycles. The van der Waals surface area contributed by atoms with Gasteiger partial charge in [-0.3, -0.25) is 4.31 Å². The highest BCUT2D eigenvalue weighted by atomic mass is 32.2. The molecule has 24 heavy (non-hydrogen) atoms. The molecule has 1 aromatic rings. The molecule has 4 nitrogen and oxygen atoms in total. The highest BCUT2D eigenvalue weighted by Gasteiger charge is 2.24. The van der Waals surface area contributed by atoms with Crippen molar-refractivity contribution >= 4 is 10.0 Å². The van der Waals surface area contributed by atoms with Crippen LogP contribution >= 0.6 is 0 Å². The van der Waals surface area contributed by atoms with Gasteiger partial charge in [0, 0.05) is 18.8 Å². The zero-order valence-corrected chi connectivity index (χ0v) is 15.1. The predicted octanol–water partition coefficient (Wildman–Crippen LogP) is 3.36. The minimum Gasteiger partial charge on any atom is -0.311 e. The van der Waals surface area contributed by atoms with Crippen molar-refractivity contribution in [1.82, 2.24) is 9.62 Å². The predicted molar refractivity (Wildman–Crippen MR) is 97.2 cm³/mol. The number of hydrogen-bond donors (Lipinski definition) is 1. The molecule has 2 aliphatic rings. The number of allylic oxidation sites excluding steroid dienone is 2. The number of nitrogens with zero attached hydrogens (tertiary/aromatic N) is 1. The molecule has 1 saturated heterocycles. The van der Waals surface area contributed by atoms with E-state index in [2.05, 4.69) is 17.5 Å². The van der Waals surface area contributed by atoms with Gasteiger partial charge < -0.3 is 5.32 Å². The van der Waals surface area contributed by atoms with Crippen molar-refractivity contribution in [1.29, 1.82) is 0 Å². The Bertz CT molecular complexity index is 714. The van der Waals surface area contributed by atoms with E-state index >= 15 is 0 Å². The van der Waals surface area contributed by atoms with E-state index in [4.69, 9.17) is 0 Å². The largest absolute Gasteiger partial charge is 0.311 e. The highest BCUT2D eigenvalue weighted by Crippen LogP contribution is 2.24. The van der Waals surface area contributed by atoms with Gasteiger partial charge in [0.2, 0.25) is 0 Å². The van der Waals surface area contributed by atoms with Crippen LogP contribution in [0.5, 0.6) is 0 Å². The third-order valence-electron chi connectivity index (χ3n) is 4.67. The third-order valence-corrected chi connectivity index (χ3v) is 6.45. The van der Waals surface area contributed by atoms with Crippen LogP contribution < -0.4 is 5.32 Å². The first-order valence-electron chi connectivity index (χ1n) is 8.76. The number of nitrogens with one attached hydrogen (secondary N) is 1. The molecule has 0 aromatic heterocycles. The third kappa shape index (κ3) is 4.08. The Hall–Kier alpha value is -1.59. The molecule has 1 fully saturated rings. The van der Waals surface area contributed by atoms with Crippen molar-refractivity contribution in [3.8, 4) is 0 Å². The van der Waals surface area contributed by atoms with E-state index in [1.54, 1.807) is 18.3 Å². The van der Waals surface area contributed by atoms with Crippen LogP contribution in [0.2, 0.25) is 0 Å². The Morgan fingerprint density at radius 3 is 2.67 bits per heavy atom. The van der Waals surface area contributed by atoms with Gasteiger partial charge in [-0.1, -0.05) is 36.3 Å². The summed E-state index contributed by atoms with van der Waals surface area (Å²) in [4.78, 5) is 0.364. The van der Waals surface area contributed by atoms with Crippen molar-refractivity contribution in [3.05, 3.63) is 53.8 Å². The van der Waals surface area contributed by atoms with Gasteiger partial charge in [0.15, 0.2) is 0 Å². The lowest BCUT2D eigenvalue weighted by molar-refractivity contribution is 0.453. The van der Waals surface area contributed by atoms with Gasteiger partial charge >= 0.3 is 0 Å². The molecule has 0 saturated carbocycles. The lowest BCUT2D eigenvalue weighted by Crippen LogP contribution is -2.32. The van der Waals surface area contributed by atoms with Gasteiger partial charge in [0.25, 0.3) is 10.0 Å². The van der Waals surface area contributed by atoms with E-state index in [0.717, 1.165) is 36.9 Å². The quantitative estimate of drug-likeness (QED) is 0.909. The number of sulfonamides is 1. The summed E-state index contributed by atoms with van der Waals surface area (Å²) in [6.07, 6.45) is 11.5. The minimum atomic E-state index is -3.45. The summed E-state index contributed by atoms with van der Waals surface area (Å²) in [5.41, 5.74) is 2.15. The second-order valence-corrected chi connectivity index (χ2v) is 8.54. The standard InChI is InChI=1S/C19H26N2O2S/c1-16-7-11-19(12-8-16)24(22,23)21-14-4-5-17(15-21)9-10-18-6-2-3-13-20-18/h7-12,15,18,20H,2-6,13-14H2,1H3/b10-9+/t18-/m1/s1. The number of hydrogen-bond acceptors (Lipinski definition) is 3. The number of aryl methyl sites for hydroxylation is 1. The Balaban J connectivity index is 1.75. The van der Waals surface area contributed by atoms with E-state index < -0.39 is 10.0 Å². The van der Waals surface area contributed by atoms with Crippen LogP contribution in [0.3, 0.4) is 0 Å². The monoisotopic (exact) mass is 346 g/mol. The molecule has 1 N–H and O–H groups in total. The van der Waals surface area contributed by atoms with E-state index in [-0.39, 0.29) is 0 Å².